The van der Waals surface area contributed by atoms with Crippen molar-refractivity contribution in [3.05, 3.63) is 29.0 Å². The molecule has 2 rings (SSSR count). The third kappa shape index (κ3) is 3.48. The van der Waals surface area contributed by atoms with Crippen molar-refractivity contribution in [1.29, 1.82) is 0 Å². The number of rotatable bonds is 4. The lowest BCUT2D eigenvalue weighted by Crippen LogP contribution is -2.47. The second-order valence-corrected chi connectivity index (χ2v) is 5.46. The molecule has 1 aliphatic rings. The molecule has 0 atom stereocenters. The SMILES string of the molecule is CN1CCC(N(CCO)C(=O)c2cccnc2Cl)CC1. The standard InChI is InChI=1S/C14H20ClN3O2/c1-17-7-4-11(5-8-17)18(9-10-19)14(20)12-3-2-6-16-13(12)15/h2-3,6,11,19H,4-5,7-10H2,1H3. The second-order valence-electron chi connectivity index (χ2n) is 5.10. The highest BCUT2D eigenvalue weighted by Crippen LogP contribution is 2.20. The Morgan fingerprint density at radius 1 is 1.55 bits per heavy atom. The number of pyridine rings is 1. The maximum absolute atomic E-state index is 12.6. The van der Waals surface area contributed by atoms with E-state index in [1.807, 2.05) is 0 Å². The number of aliphatic hydroxyl groups excluding tert-OH is 1. The first-order chi connectivity index (χ1) is 9.63. The van der Waals surface area contributed by atoms with E-state index in [0.29, 0.717) is 12.1 Å². The van der Waals surface area contributed by atoms with Crippen LogP contribution in [0, 0.1) is 0 Å². The van der Waals surface area contributed by atoms with E-state index in [1.165, 1.54) is 0 Å². The lowest BCUT2D eigenvalue weighted by atomic mass is 10.0. The van der Waals surface area contributed by atoms with E-state index < -0.39 is 0 Å². The summed E-state index contributed by atoms with van der Waals surface area (Å²) in [6, 6.07) is 3.53. The minimum absolute atomic E-state index is 0.0457. The average Bonchev–Trinajstić information content (AvgIpc) is 2.46. The van der Waals surface area contributed by atoms with Gasteiger partial charge in [0.1, 0.15) is 5.15 Å². The fourth-order valence-electron chi connectivity index (χ4n) is 2.56. The van der Waals surface area contributed by atoms with Gasteiger partial charge in [0.25, 0.3) is 5.91 Å². The van der Waals surface area contributed by atoms with Crippen LogP contribution >= 0.6 is 11.6 Å². The van der Waals surface area contributed by atoms with Crippen LogP contribution in [0.3, 0.4) is 0 Å². The highest BCUT2D eigenvalue weighted by Gasteiger charge is 2.28. The third-order valence-corrected chi connectivity index (χ3v) is 4.02. The molecule has 20 heavy (non-hydrogen) atoms. The van der Waals surface area contributed by atoms with Crippen LogP contribution in [0.15, 0.2) is 18.3 Å². The van der Waals surface area contributed by atoms with Crippen molar-refractivity contribution < 1.29 is 9.90 Å². The van der Waals surface area contributed by atoms with Crippen molar-refractivity contribution in [2.75, 3.05) is 33.3 Å². The van der Waals surface area contributed by atoms with Crippen molar-refractivity contribution in [2.24, 2.45) is 0 Å². The molecule has 0 aliphatic carbocycles. The zero-order valence-electron chi connectivity index (χ0n) is 11.6. The molecule has 1 aliphatic heterocycles. The number of halogens is 1. The first-order valence-electron chi connectivity index (χ1n) is 6.84. The molecule has 2 heterocycles. The highest BCUT2D eigenvalue weighted by atomic mass is 35.5. The summed E-state index contributed by atoms with van der Waals surface area (Å²) < 4.78 is 0. The zero-order valence-corrected chi connectivity index (χ0v) is 12.4. The fraction of sp³-hybridized carbons (Fsp3) is 0.571. The molecule has 0 spiro atoms. The number of hydrogen-bond acceptors (Lipinski definition) is 4. The monoisotopic (exact) mass is 297 g/mol. The quantitative estimate of drug-likeness (QED) is 0.850. The summed E-state index contributed by atoms with van der Waals surface area (Å²) in [4.78, 5) is 20.5. The lowest BCUT2D eigenvalue weighted by Gasteiger charge is -2.37. The zero-order chi connectivity index (χ0) is 14.5. The van der Waals surface area contributed by atoms with Gasteiger partial charge < -0.3 is 14.9 Å². The predicted octanol–water partition coefficient (Wildman–Crippen LogP) is 1.26. The molecular formula is C14H20ClN3O2. The Kier molecular flexibility index (Phi) is 5.34. The van der Waals surface area contributed by atoms with Crippen LogP contribution in [-0.4, -0.2) is 65.1 Å². The summed E-state index contributed by atoms with van der Waals surface area (Å²) in [6.45, 7) is 2.20. The molecule has 1 aromatic heterocycles. The fourth-order valence-corrected chi connectivity index (χ4v) is 2.76. The van der Waals surface area contributed by atoms with Gasteiger partial charge in [-0.2, -0.15) is 0 Å². The Labute approximate surface area is 124 Å². The van der Waals surface area contributed by atoms with E-state index >= 15 is 0 Å². The average molecular weight is 298 g/mol. The topological polar surface area (TPSA) is 56.7 Å². The summed E-state index contributed by atoms with van der Waals surface area (Å²) in [5.41, 5.74) is 0.404. The summed E-state index contributed by atoms with van der Waals surface area (Å²) in [5, 5.41) is 9.45. The van der Waals surface area contributed by atoms with Crippen molar-refractivity contribution in [1.82, 2.24) is 14.8 Å². The van der Waals surface area contributed by atoms with Crippen LogP contribution in [0.5, 0.6) is 0 Å². The molecule has 0 bridgehead atoms. The molecule has 0 aromatic carbocycles. The van der Waals surface area contributed by atoms with Crippen molar-refractivity contribution in [2.45, 2.75) is 18.9 Å². The number of carbonyl (C=O) groups excluding carboxylic acids is 1. The number of piperidine rings is 1. The number of carbonyl (C=O) groups is 1. The molecule has 0 radical (unpaired) electrons. The van der Waals surface area contributed by atoms with Gasteiger partial charge in [0.05, 0.1) is 12.2 Å². The molecule has 1 saturated heterocycles. The molecule has 1 fully saturated rings. The number of nitrogens with zero attached hydrogens (tertiary/aromatic N) is 3. The van der Waals surface area contributed by atoms with Crippen molar-refractivity contribution >= 4 is 17.5 Å². The van der Waals surface area contributed by atoms with Crippen LogP contribution in [0.25, 0.3) is 0 Å². The number of hydrogen-bond donors (Lipinski definition) is 1. The second kappa shape index (κ2) is 7.02. The molecule has 0 unspecified atom stereocenters. The van der Waals surface area contributed by atoms with Gasteiger partial charge in [-0.15, -0.1) is 0 Å². The van der Waals surface area contributed by atoms with Gasteiger partial charge in [-0.1, -0.05) is 11.6 Å². The molecule has 0 saturated carbocycles. The maximum atomic E-state index is 12.6. The third-order valence-electron chi connectivity index (χ3n) is 3.72. The molecule has 110 valence electrons. The highest BCUT2D eigenvalue weighted by molar-refractivity contribution is 6.32. The summed E-state index contributed by atoms with van der Waals surface area (Å²) in [7, 11) is 2.08. The summed E-state index contributed by atoms with van der Waals surface area (Å²) in [6.07, 6.45) is 3.39. The molecule has 1 aromatic rings. The number of amides is 1. The first-order valence-corrected chi connectivity index (χ1v) is 7.22. The number of aliphatic hydroxyl groups is 1. The Balaban J connectivity index is 2.16. The van der Waals surface area contributed by atoms with Crippen LogP contribution in [0.1, 0.15) is 23.2 Å². The minimum atomic E-state index is -0.147. The van der Waals surface area contributed by atoms with Gasteiger partial charge in [0.15, 0.2) is 0 Å². The van der Waals surface area contributed by atoms with Crippen molar-refractivity contribution in [3.63, 3.8) is 0 Å². The predicted molar refractivity (Wildman–Crippen MR) is 77.9 cm³/mol. The van der Waals surface area contributed by atoms with Crippen LogP contribution in [0.2, 0.25) is 5.15 Å². The Morgan fingerprint density at radius 3 is 2.85 bits per heavy atom. The Bertz CT molecular complexity index is 461. The van der Waals surface area contributed by atoms with E-state index in [9.17, 15) is 9.90 Å². The maximum Gasteiger partial charge on any atom is 0.257 e. The van der Waals surface area contributed by atoms with Gasteiger partial charge in [-0.25, -0.2) is 4.98 Å². The molecule has 1 N–H and O–H groups in total. The van der Waals surface area contributed by atoms with Gasteiger partial charge in [0.2, 0.25) is 0 Å². The van der Waals surface area contributed by atoms with Gasteiger partial charge >= 0.3 is 0 Å². The smallest absolute Gasteiger partial charge is 0.257 e. The summed E-state index contributed by atoms with van der Waals surface area (Å²) in [5.74, 6) is -0.147. The normalized spacial score (nSPS) is 17.1. The Morgan fingerprint density at radius 2 is 2.25 bits per heavy atom. The van der Waals surface area contributed by atoms with Crippen LogP contribution in [-0.2, 0) is 0 Å². The molecule has 5 nitrogen and oxygen atoms in total. The van der Waals surface area contributed by atoms with Gasteiger partial charge in [0, 0.05) is 18.8 Å². The van der Waals surface area contributed by atoms with Crippen molar-refractivity contribution in [3.8, 4) is 0 Å². The number of likely N-dealkylation sites (tertiary alicyclic amines) is 1. The Hall–Kier alpha value is -1.17. The van der Waals surface area contributed by atoms with E-state index in [2.05, 4.69) is 16.9 Å². The lowest BCUT2D eigenvalue weighted by molar-refractivity contribution is 0.0539. The molecule has 1 amide bonds. The van der Waals surface area contributed by atoms with Gasteiger partial charge in [-0.05, 0) is 45.1 Å². The van der Waals surface area contributed by atoms with E-state index in [4.69, 9.17) is 11.6 Å². The van der Waals surface area contributed by atoms with E-state index in [1.54, 1.807) is 23.2 Å². The van der Waals surface area contributed by atoms with E-state index in [-0.39, 0.29) is 23.7 Å². The number of aromatic nitrogens is 1. The van der Waals surface area contributed by atoms with Gasteiger partial charge in [-0.3, -0.25) is 4.79 Å². The first kappa shape index (κ1) is 15.2. The minimum Gasteiger partial charge on any atom is -0.395 e. The van der Waals surface area contributed by atoms with E-state index in [0.717, 1.165) is 25.9 Å². The molecule has 6 heteroatoms. The summed E-state index contributed by atoms with van der Waals surface area (Å²) >= 11 is 6.00. The van der Waals surface area contributed by atoms with Crippen LogP contribution < -0.4 is 0 Å². The largest absolute Gasteiger partial charge is 0.395 e. The molecular weight excluding hydrogens is 278 g/mol. The van der Waals surface area contributed by atoms with Crippen LogP contribution in [0.4, 0.5) is 0 Å².